The predicted molar refractivity (Wildman–Crippen MR) is 113 cm³/mol. The summed E-state index contributed by atoms with van der Waals surface area (Å²) in [6.45, 7) is 6.32. The first-order valence-corrected chi connectivity index (χ1v) is 10.4. The van der Waals surface area contributed by atoms with E-state index in [1.165, 1.54) is 11.8 Å². The van der Waals surface area contributed by atoms with Crippen LogP contribution in [-0.4, -0.2) is 32.6 Å². The van der Waals surface area contributed by atoms with Crippen LogP contribution in [0.25, 0.3) is 17.1 Å². The molecule has 0 saturated carbocycles. The van der Waals surface area contributed by atoms with Gasteiger partial charge in [-0.15, -0.1) is 10.2 Å². The minimum atomic E-state index is -0.304. The number of aromatic nitrogens is 3. The lowest BCUT2D eigenvalue weighted by Gasteiger charge is -2.15. The third-order valence-electron chi connectivity index (χ3n) is 4.27. The Morgan fingerprint density at radius 1 is 1.11 bits per heavy atom. The maximum Gasteiger partial charge on any atom is 0.319 e. The lowest BCUT2D eigenvalue weighted by Crippen LogP contribution is -2.20. The zero-order valence-electron chi connectivity index (χ0n) is 16.5. The van der Waals surface area contributed by atoms with E-state index < -0.39 is 0 Å². The second-order valence-electron chi connectivity index (χ2n) is 6.49. The maximum absolute atomic E-state index is 12.4. The fraction of sp³-hybridized carbons (Fsp3) is 0.318. The number of aryl methyl sites for hydroxylation is 1. The third-order valence-corrected chi connectivity index (χ3v) is 5.46. The molecule has 0 aliphatic carbocycles. The molecule has 1 unspecified atom stereocenters. The summed E-state index contributed by atoms with van der Waals surface area (Å²) in [4.78, 5) is 12.4. The van der Waals surface area contributed by atoms with E-state index in [-0.39, 0.29) is 11.2 Å². The van der Waals surface area contributed by atoms with E-state index in [1.807, 2.05) is 54.0 Å². The molecule has 0 aliphatic rings. The number of hydrogen-bond acceptors (Lipinski definition) is 5. The molecular formula is C22H25N3O2S. The fourth-order valence-electron chi connectivity index (χ4n) is 2.98. The Bertz CT molecular complexity index is 925. The summed E-state index contributed by atoms with van der Waals surface area (Å²) in [5.41, 5.74) is 3.11. The van der Waals surface area contributed by atoms with Gasteiger partial charge in [0, 0.05) is 11.3 Å². The summed E-state index contributed by atoms with van der Waals surface area (Å²) >= 11 is 1.42. The molecule has 0 bridgehead atoms. The van der Waals surface area contributed by atoms with Crippen LogP contribution in [0, 0.1) is 6.92 Å². The molecule has 3 rings (SSSR count). The Balaban J connectivity index is 2.05. The van der Waals surface area contributed by atoms with E-state index in [0.717, 1.165) is 35.5 Å². The predicted octanol–water partition coefficient (Wildman–Crippen LogP) is 5.07. The highest BCUT2D eigenvalue weighted by molar-refractivity contribution is 8.00. The van der Waals surface area contributed by atoms with Crippen molar-refractivity contribution in [1.82, 2.24) is 14.8 Å². The van der Waals surface area contributed by atoms with Gasteiger partial charge in [-0.05, 0) is 38.5 Å². The zero-order chi connectivity index (χ0) is 19.9. The first-order valence-electron chi connectivity index (χ1n) is 9.55. The molecule has 28 heavy (non-hydrogen) atoms. The molecule has 1 heterocycles. The van der Waals surface area contributed by atoms with Crippen molar-refractivity contribution < 1.29 is 9.53 Å². The smallest absolute Gasteiger partial charge is 0.319 e. The Morgan fingerprint density at radius 3 is 2.57 bits per heavy atom. The number of carbonyl (C=O) groups excluding carboxylic acids is 1. The molecule has 0 N–H and O–H groups in total. The van der Waals surface area contributed by atoms with E-state index in [4.69, 9.17) is 4.74 Å². The number of esters is 1. The van der Waals surface area contributed by atoms with Gasteiger partial charge in [0.15, 0.2) is 11.0 Å². The maximum atomic E-state index is 12.4. The first kappa shape index (κ1) is 20.1. The lowest BCUT2D eigenvalue weighted by atomic mass is 10.1. The van der Waals surface area contributed by atoms with E-state index in [2.05, 4.69) is 36.2 Å². The molecule has 6 heteroatoms. The Morgan fingerprint density at radius 2 is 1.89 bits per heavy atom. The van der Waals surface area contributed by atoms with Crippen LogP contribution in [0.3, 0.4) is 0 Å². The number of para-hydroxylation sites is 1. The molecule has 146 valence electrons. The molecule has 0 aliphatic heterocycles. The minimum Gasteiger partial charge on any atom is -0.465 e. The summed E-state index contributed by atoms with van der Waals surface area (Å²) < 4.78 is 7.28. The standard InChI is InChI=1S/C22H25N3O2S/c1-4-10-19(21(26)27-5-2)28-22-24-23-20(17-12-9-11-16(3)15-17)25(22)18-13-7-6-8-14-18/h6-9,11-15,19H,4-5,10H2,1-3H3. The van der Waals surface area contributed by atoms with Crippen molar-refractivity contribution >= 4 is 17.7 Å². The van der Waals surface area contributed by atoms with Gasteiger partial charge in [0.05, 0.1) is 6.61 Å². The first-order chi connectivity index (χ1) is 13.6. The van der Waals surface area contributed by atoms with Gasteiger partial charge in [-0.2, -0.15) is 0 Å². The Hall–Kier alpha value is -2.60. The van der Waals surface area contributed by atoms with E-state index in [1.54, 1.807) is 0 Å². The second kappa shape index (κ2) is 9.55. The van der Waals surface area contributed by atoms with Gasteiger partial charge in [0.2, 0.25) is 0 Å². The summed E-state index contributed by atoms with van der Waals surface area (Å²) in [5, 5.41) is 9.28. The molecule has 0 amide bonds. The summed E-state index contributed by atoms with van der Waals surface area (Å²) in [5.74, 6) is 0.561. The minimum absolute atomic E-state index is 0.200. The summed E-state index contributed by atoms with van der Waals surface area (Å²) in [6.07, 6.45) is 1.62. The highest BCUT2D eigenvalue weighted by Gasteiger charge is 2.25. The van der Waals surface area contributed by atoms with E-state index in [0.29, 0.717) is 11.8 Å². The SMILES string of the molecule is CCCC(Sc1nnc(-c2cccc(C)c2)n1-c1ccccc1)C(=O)OCC. The van der Waals surface area contributed by atoms with E-state index >= 15 is 0 Å². The molecule has 0 saturated heterocycles. The lowest BCUT2D eigenvalue weighted by molar-refractivity contribution is -0.142. The molecule has 0 radical (unpaired) electrons. The molecule has 3 aromatic rings. The van der Waals surface area contributed by atoms with Gasteiger partial charge in [-0.3, -0.25) is 9.36 Å². The molecule has 5 nitrogen and oxygen atoms in total. The van der Waals surface area contributed by atoms with Crippen LogP contribution >= 0.6 is 11.8 Å². The van der Waals surface area contributed by atoms with Crippen LogP contribution in [0.1, 0.15) is 32.3 Å². The molecule has 2 aromatic carbocycles. The van der Waals surface area contributed by atoms with Crippen molar-refractivity contribution in [1.29, 1.82) is 0 Å². The van der Waals surface area contributed by atoms with Crippen molar-refractivity contribution in [3.63, 3.8) is 0 Å². The van der Waals surface area contributed by atoms with Crippen LogP contribution in [0.15, 0.2) is 59.8 Å². The topological polar surface area (TPSA) is 57.0 Å². The third kappa shape index (κ3) is 4.62. The van der Waals surface area contributed by atoms with Crippen molar-refractivity contribution in [2.24, 2.45) is 0 Å². The van der Waals surface area contributed by atoms with Crippen LogP contribution in [-0.2, 0) is 9.53 Å². The van der Waals surface area contributed by atoms with Gasteiger partial charge in [0.1, 0.15) is 5.25 Å². The normalized spacial score (nSPS) is 12.0. The van der Waals surface area contributed by atoms with Crippen molar-refractivity contribution in [2.75, 3.05) is 6.61 Å². The number of rotatable bonds is 8. The van der Waals surface area contributed by atoms with Crippen LogP contribution in [0.5, 0.6) is 0 Å². The fourth-order valence-corrected chi connectivity index (χ4v) is 4.13. The Labute approximate surface area is 170 Å². The summed E-state index contributed by atoms with van der Waals surface area (Å²) in [7, 11) is 0. The van der Waals surface area contributed by atoms with Crippen LogP contribution in [0.4, 0.5) is 0 Å². The van der Waals surface area contributed by atoms with Gasteiger partial charge in [-0.25, -0.2) is 0 Å². The van der Waals surface area contributed by atoms with Gasteiger partial charge >= 0.3 is 5.97 Å². The molecule has 1 aromatic heterocycles. The number of hydrogen-bond donors (Lipinski definition) is 0. The molecular weight excluding hydrogens is 370 g/mol. The van der Waals surface area contributed by atoms with Crippen molar-refractivity contribution in [3.8, 4) is 17.1 Å². The van der Waals surface area contributed by atoms with Gasteiger partial charge < -0.3 is 4.74 Å². The molecule has 1 atom stereocenters. The van der Waals surface area contributed by atoms with Gasteiger partial charge in [0.25, 0.3) is 0 Å². The Kier molecular flexibility index (Phi) is 6.87. The second-order valence-corrected chi connectivity index (χ2v) is 7.66. The number of carbonyl (C=O) groups is 1. The number of thioether (sulfide) groups is 1. The van der Waals surface area contributed by atoms with Gasteiger partial charge in [-0.1, -0.05) is 67.1 Å². The largest absolute Gasteiger partial charge is 0.465 e. The average Bonchev–Trinajstić information content (AvgIpc) is 3.12. The highest BCUT2D eigenvalue weighted by atomic mass is 32.2. The monoisotopic (exact) mass is 395 g/mol. The van der Waals surface area contributed by atoms with Crippen molar-refractivity contribution in [3.05, 3.63) is 60.2 Å². The van der Waals surface area contributed by atoms with Crippen LogP contribution < -0.4 is 0 Å². The number of ether oxygens (including phenoxy) is 1. The highest BCUT2D eigenvalue weighted by Crippen LogP contribution is 2.32. The zero-order valence-corrected chi connectivity index (χ0v) is 17.3. The summed E-state index contributed by atoms with van der Waals surface area (Å²) in [6, 6.07) is 18.2. The quantitative estimate of drug-likeness (QED) is 0.394. The number of nitrogens with zero attached hydrogens (tertiary/aromatic N) is 3. The molecule has 0 fully saturated rings. The molecule has 0 spiro atoms. The van der Waals surface area contributed by atoms with Crippen LogP contribution in [0.2, 0.25) is 0 Å². The van der Waals surface area contributed by atoms with E-state index in [9.17, 15) is 4.79 Å². The average molecular weight is 396 g/mol. The number of benzene rings is 2. The van der Waals surface area contributed by atoms with Crippen molar-refractivity contribution in [2.45, 2.75) is 44.0 Å².